The van der Waals surface area contributed by atoms with Gasteiger partial charge < -0.3 is 10.6 Å². The highest BCUT2D eigenvalue weighted by Gasteiger charge is 2.46. The zero-order valence-electron chi connectivity index (χ0n) is 18.7. The number of nitrogens with zero attached hydrogens (tertiary/aromatic N) is 3. The molecule has 1 fully saturated rings. The second-order valence-corrected chi connectivity index (χ2v) is 9.03. The van der Waals surface area contributed by atoms with Crippen LogP contribution in [0.1, 0.15) is 55.0 Å². The topological polar surface area (TPSA) is 62.2 Å². The molecule has 3 unspecified atom stereocenters. The minimum absolute atomic E-state index is 0.0104. The maximum atomic E-state index is 13.6. The Bertz CT molecular complexity index is 986. The molecule has 0 saturated carbocycles. The summed E-state index contributed by atoms with van der Waals surface area (Å²) in [6, 6.07) is 5.82. The third kappa shape index (κ3) is 4.77. The van der Waals surface area contributed by atoms with E-state index in [1.165, 1.54) is 0 Å². The summed E-state index contributed by atoms with van der Waals surface area (Å²) >= 11 is 0. The van der Waals surface area contributed by atoms with Gasteiger partial charge in [-0.15, -0.1) is 0 Å². The van der Waals surface area contributed by atoms with Crippen molar-refractivity contribution in [2.45, 2.75) is 64.2 Å². The van der Waals surface area contributed by atoms with E-state index in [-0.39, 0.29) is 30.8 Å². The Kier molecular flexibility index (Phi) is 6.20. The quantitative estimate of drug-likeness (QED) is 0.699. The molecule has 1 amide bonds. The fraction of sp³-hybridized carbons (Fsp3) is 0.565. The lowest BCUT2D eigenvalue weighted by molar-refractivity contribution is -0.173. The van der Waals surface area contributed by atoms with E-state index in [0.717, 1.165) is 27.9 Å². The predicted molar refractivity (Wildman–Crippen MR) is 118 cm³/mol. The van der Waals surface area contributed by atoms with Gasteiger partial charge in [-0.1, -0.05) is 24.6 Å². The van der Waals surface area contributed by atoms with Crippen LogP contribution in [-0.2, 0) is 4.79 Å². The Morgan fingerprint density at radius 3 is 2.75 bits per heavy atom. The molecule has 6 nitrogen and oxygen atoms in total. The molecule has 2 aliphatic heterocycles. The molecule has 2 aromatic rings. The van der Waals surface area contributed by atoms with Crippen molar-refractivity contribution in [1.29, 1.82) is 0 Å². The molecule has 4 rings (SSSR count). The lowest BCUT2D eigenvalue weighted by atomic mass is 10.0. The van der Waals surface area contributed by atoms with Crippen LogP contribution in [0.25, 0.3) is 0 Å². The summed E-state index contributed by atoms with van der Waals surface area (Å²) in [4.78, 5) is 14.6. The SMILES string of the molecule is CCC1CC(C(F)(F)F)n2nc(C3CCN(CC(=O)Nc4ccc(C)cc4C)C3)cc2N1. The largest absolute Gasteiger partial charge is 0.410 e. The van der Waals surface area contributed by atoms with Gasteiger partial charge in [0.15, 0.2) is 6.04 Å². The van der Waals surface area contributed by atoms with Crippen LogP contribution >= 0.6 is 0 Å². The number of halogens is 3. The lowest BCUT2D eigenvalue weighted by Crippen LogP contribution is -2.38. The number of rotatable bonds is 5. The van der Waals surface area contributed by atoms with Crippen LogP contribution in [0.5, 0.6) is 0 Å². The molecule has 2 N–H and O–H groups in total. The monoisotopic (exact) mass is 449 g/mol. The van der Waals surface area contributed by atoms with Crippen molar-refractivity contribution < 1.29 is 18.0 Å². The van der Waals surface area contributed by atoms with Gasteiger partial charge in [-0.05, 0) is 51.3 Å². The number of hydrogen-bond acceptors (Lipinski definition) is 4. The van der Waals surface area contributed by atoms with Crippen molar-refractivity contribution in [3.63, 3.8) is 0 Å². The van der Waals surface area contributed by atoms with E-state index in [1.54, 1.807) is 6.07 Å². The molecule has 0 radical (unpaired) electrons. The van der Waals surface area contributed by atoms with Gasteiger partial charge in [0.05, 0.1) is 12.2 Å². The number of anilines is 2. The summed E-state index contributed by atoms with van der Waals surface area (Å²) < 4.78 is 41.9. The van der Waals surface area contributed by atoms with E-state index in [0.29, 0.717) is 31.0 Å². The summed E-state index contributed by atoms with van der Waals surface area (Å²) in [5, 5.41) is 10.5. The molecule has 174 valence electrons. The van der Waals surface area contributed by atoms with Gasteiger partial charge in [-0.25, -0.2) is 4.68 Å². The minimum Gasteiger partial charge on any atom is -0.367 e. The van der Waals surface area contributed by atoms with Crippen molar-refractivity contribution in [1.82, 2.24) is 14.7 Å². The average molecular weight is 450 g/mol. The molecule has 1 aromatic carbocycles. The van der Waals surface area contributed by atoms with Gasteiger partial charge in [0.25, 0.3) is 0 Å². The highest BCUT2D eigenvalue weighted by atomic mass is 19.4. The molecular formula is C23H30F3N5O. The molecule has 3 atom stereocenters. The summed E-state index contributed by atoms with van der Waals surface area (Å²) in [5.74, 6) is 0.357. The first-order valence-electron chi connectivity index (χ1n) is 11.2. The Labute approximate surface area is 186 Å². The Morgan fingerprint density at radius 2 is 2.06 bits per heavy atom. The van der Waals surface area contributed by atoms with E-state index in [2.05, 4.69) is 15.7 Å². The number of carbonyl (C=O) groups excluding carboxylic acids is 1. The lowest BCUT2D eigenvalue weighted by Gasteiger charge is -2.32. The summed E-state index contributed by atoms with van der Waals surface area (Å²) in [7, 11) is 0. The van der Waals surface area contributed by atoms with Crippen LogP contribution in [0.15, 0.2) is 24.3 Å². The third-order valence-corrected chi connectivity index (χ3v) is 6.49. The molecular weight excluding hydrogens is 419 g/mol. The fourth-order valence-corrected chi connectivity index (χ4v) is 4.70. The Morgan fingerprint density at radius 1 is 1.28 bits per heavy atom. The normalized spacial score (nSPS) is 23.6. The minimum atomic E-state index is -4.33. The van der Waals surface area contributed by atoms with Crippen LogP contribution in [0.3, 0.4) is 0 Å². The first kappa shape index (κ1) is 22.6. The summed E-state index contributed by atoms with van der Waals surface area (Å²) in [5.41, 5.74) is 3.61. The number of benzene rings is 1. The van der Waals surface area contributed by atoms with E-state index in [9.17, 15) is 18.0 Å². The van der Waals surface area contributed by atoms with Crippen LogP contribution in [-0.4, -0.2) is 52.4 Å². The number of carbonyl (C=O) groups is 1. The van der Waals surface area contributed by atoms with Crippen LogP contribution in [0.2, 0.25) is 0 Å². The predicted octanol–water partition coefficient (Wildman–Crippen LogP) is 4.63. The number of alkyl halides is 3. The first-order chi connectivity index (χ1) is 15.1. The number of aryl methyl sites for hydroxylation is 2. The second kappa shape index (κ2) is 8.77. The Balaban J connectivity index is 1.40. The average Bonchev–Trinajstić information content (AvgIpc) is 3.35. The highest BCUT2D eigenvalue weighted by molar-refractivity contribution is 5.93. The molecule has 2 aliphatic rings. The van der Waals surface area contributed by atoms with Crippen LogP contribution in [0, 0.1) is 13.8 Å². The van der Waals surface area contributed by atoms with E-state index >= 15 is 0 Å². The van der Waals surface area contributed by atoms with Crippen LogP contribution in [0.4, 0.5) is 24.7 Å². The van der Waals surface area contributed by atoms with Gasteiger partial charge in [-0.3, -0.25) is 9.69 Å². The van der Waals surface area contributed by atoms with E-state index in [4.69, 9.17) is 0 Å². The van der Waals surface area contributed by atoms with Crippen molar-refractivity contribution >= 4 is 17.4 Å². The standard InChI is InChI=1S/C23H30F3N5O/c1-4-17-10-20(23(24,25)26)31-21(27-17)11-19(29-31)16-7-8-30(12-16)13-22(32)28-18-6-5-14(2)9-15(18)3/h5-6,9,11,16-17,20,27H,4,7-8,10,12-13H2,1-3H3,(H,28,32). The molecule has 9 heteroatoms. The van der Waals surface area contributed by atoms with Gasteiger partial charge in [0.2, 0.25) is 5.91 Å². The van der Waals surface area contributed by atoms with Gasteiger partial charge in [-0.2, -0.15) is 18.3 Å². The van der Waals surface area contributed by atoms with Crippen molar-refractivity contribution in [2.24, 2.45) is 0 Å². The highest BCUT2D eigenvalue weighted by Crippen LogP contribution is 2.41. The van der Waals surface area contributed by atoms with Gasteiger partial charge in [0, 0.05) is 30.3 Å². The fourth-order valence-electron chi connectivity index (χ4n) is 4.70. The molecule has 3 heterocycles. The van der Waals surface area contributed by atoms with E-state index < -0.39 is 12.2 Å². The van der Waals surface area contributed by atoms with Crippen molar-refractivity contribution in [3.8, 4) is 0 Å². The summed E-state index contributed by atoms with van der Waals surface area (Å²) in [6.45, 7) is 7.41. The molecule has 0 spiro atoms. The van der Waals surface area contributed by atoms with Crippen LogP contribution < -0.4 is 10.6 Å². The first-order valence-corrected chi connectivity index (χ1v) is 11.2. The molecule has 0 aliphatic carbocycles. The molecule has 1 aromatic heterocycles. The number of aromatic nitrogens is 2. The maximum Gasteiger partial charge on any atom is 0.410 e. The zero-order chi connectivity index (χ0) is 23.0. The Hall–Kier alpha value is -2.55. The number of hydrogen-bond donors (Lipinski definition) is 2. The number of likely N-dealkylation sites (tertiary alicyclic amines) is 1. The molecule has 1 saturated heterocycles. The maximum absolute atomic E-state index is 13.6. The molecule has 32 heavy (non-hydrogen) atoms. The van der Waals surface area contributed by atoms with Gasteiger partial charge >= 0.3 is 6.18 Å². The second-order valence-electron chi connectivity index (χ2n) is 9.03. The van der Waals surface area contributed by atoms with E-state index in [1.807, 2.05) is 43.9 Å². The van der Waals surface area contributed by atoms with Gasteiger partial charge in [0.1, 0.15) is 5.82 Å². The smallest absolute Gasteiger partial charge is 0.367 e. The number of fused-ring (bicyclic) bond motifs is 1. The third-order valence-electron chi connectivity index (χ3n) is 6.49. The van der Waals surface area contributed by atoms with Crippen molar-refractivity contribution in [3.05, 3.63) is 41.1 Å². The summed E-state index contributed by atoms with van der Waals surface area (Å²) in [6.07, 6.45) is -2.95. The van der Waals surface area contributed by atoms with Crippen molar-refractivity contribution in [2.75, 3.05) is 30.3 Å². The number of amides is 1. The zero-order valence-corrected chi connectivity index (χ0v) is 18.7. The number of nitrogens with one attached hydrogen (secondary N) is 2. The molecule has 0 bridgehead atoms.